The van der Waals surface area contributed by atoms with Crippen molar-refractivity contribution in [3.8, 4) is 22.6 Å². The second-order valence-corrected chi connectivity index (χ2v) is 13.3. The van der Waals surface area contributed by atoms with Crippen LogP contribution >= 0.6 is 11.8 Å². The maximum atomic E-state index is 12.7. The highest BCUT2D eigenvalue weighted by Crippen LogP contribution is 2.39. The van der Waals surface area contributed by atoms with Crippen LogP contribution in [-0.4, -0.2) is 43.2 Å². The Morgan fingerprint density at radius 1 is 0.846 bits per heavy atom. The second kappa shape index (κ2) is 16.7. The largest absolute Gasteiger partial charge is 0.457 e. The Bertz CT molecular complexity index is 2060. The number of tetrazole rings is 1. The standard InChI is InChI=1S/C40H38N6O5S/c1-46-40(43-44-45-46)52-26-36-23-37(30-12-10-27(25-47)11-13-30)51-38(50-36)31-16-14-29(15-17-31)32-7-5-6-28(22-32)24-41-39(48)42-33-18-20-35(21-19-33)49-34-8-3-2-4-9-34/h2-22,36-38,47H,23-26H2,1H3,(H2,41,42,48)/t36-,37+,38+/m1/s1. The Hall–Kier alpha value is -5.53. The third-order valence-electron chi connectivity index (χ3n) is 8.58. The molecule has 7 rings (SSSR count). The van der Waals surface area contributed by atoms with Crippen LogP contribution < -0.4 is 15.4 Å². The third-order valence-corrected chi connectivity index (χ3v) is 9.72. The van der Waals surface area contributed by atoms with Crippen LogP contribution in [0.25, 0.3) is 11.1 Å². The van der Waals surface area contributed by atoms with Crippen LogP contribution in [0.5, 0.6) is 11.5 Å². The Balaban J connectivity index is 0.970. The van der Waals surface area contributed by atoms with Gasteiger partial charge >= 0.3 is 6.03 Å². The molecule has 1 fully saturated rings. The fourth-order valence-corrected chi connectivity index (χ4v) is 6.68. The molecule has 1 saturated heterocycles. The van der Waals surface area contributed by atoms with Gasteiger partial charge in [0, 0.05) is 37.0 Å². The zero-order valence-electron chi connectivity index (χ0n) is 28.5. The summed E-state index contributed by atoms with van der Waals surface area (Å²) in [6.45, 7) is 0.354. The Kier molecular flexibility index (Phi) is 11.2. The number of hydrogen-bond acceptors (Lipinski definition) is 9. The van der Waals surface area contributed by atoms with Gasteiger partial charge in [0.15, 0.2) is 6.29 Å². The van der Waals surface area contributed by atoms with Crippen molar-refractivity contribution in [3.05, 3.63) is 150 Å². The van der Waals surface area contributed by atoms with E-state index in [1.54, 1.807) is 28.6 Å². The van der Waals surface area contributed by atoms with Gasteiger partial charge in [-0.1, -0.05) is 96.7 Å². The minimum Gasteiger partial charge on any atom is -0.457 e. The molecule has 3 atom stereocenters. The number of carbonyl (C=O) groups is 1. The smallest absolute Gasteiger partial charge is 0.319 e. The lowest BCUT2D eigenvalue weighted by Crippen LogP contribution is -2.31. The number of benzene rings is 5. The molecule has 5 aromatic carbocycles. The van der Waals surface area contributed by atoms with Crippen molar-refractivity contribution in [2.45, 2.75) is 43.2 Å². The van der Waals surface area contributed by atoms with Crippen LogP contribution in [0.4, 0.5) is 10.5 Å². The lowest BCUT2D eigenvalue weighted by atomic mass is 9.99. The van der Waals surface area contributed by atoms with E-state index in [4.69, 9.17) is 14.2 Å². The highest BCUT2D eigenvalue weighted by molar-refractivity contribution is 7.99. The van der Waals surface area contributed by atoms with Gasteiger partial charge < -0.3 is 30.0 Å². The molecule has 1 aliphatic heterocycles. The summed E-state index contributed by atoms with van der Waals surface area (Å²) in [7, 11) is 1.82. The number of hydrogen-bond donors (Lipinski definition) is 3. The monoisotopic (exact) mass is 714 g/mol. The number of aliphatic hydroxyl groups excluding tert-OH is 1. The SMILES string of the molecule is Cn1nnnc1SC[C@H]1C[C@@H](c2ccc(CO)cc2)O[C@@H](c2ccc(-c3cccc(CNC(=O)Nc4ccc(Oc5ccccc5)cc4)c3)cc2)O1. The molecular weight excluding hydrogens is 677 g/mol. The zero-order valence-corrected chi connectivity index (χ0v) is 29.3. The molecule has 52 heavy (non-hydrogen) atoms. The molecule has 0 spiro atoms. The first-order valence-electron chi connectivity index (χ1n) is 16.9. The number of urea groups is 1. The quantitative estimate of drug-likeness (QED) is 0.109. The van der Waals surface area contributed by atoms with E-state index < -0.39 is 6.29 Å². The van der Waals surface area contributed by atoms with Crippen LogP contribution in [0.15, 0.2) is 133 Å². The van der Waals surface area contributed by atoms with Crippen molar-refractivity contribution < 1.29 is 24.1 Å². The van der Waals surface area contributed by atoms with Gasteiger partial charge in [0.1, 0.15) is 11.5 Å². The lowest BCUT2D eigenvalue weighted by Gasteiger charge is -2.36. The molecule has 2 amide bonds. The predicted octanol–water partition coefficient (Wildman–Crippen LogP) is 7.82. The Morgan fingerprint density at radius 3 is 2.33 bits per heavy atom. The number of anilines is 1. The van der Waals surface area contributed by atoms with Crippen LogP contribution in [-0.2, 0) is 29.7 Å². The van der Waals surface area contributed by atoms with Crippen LogP contribution in [0, 0.1) is 0 Å². The van der Waals surface area contributed by atoms with E-state index in [2.05, 4.69) is 44.4 Å². The summed E-state index contributed by atoms with van der Waals surface area (Å²) >= 11 is 1.55. The summed E-state index contributed by atoms with van der Waals surface area (Å²) in [6.07, 6.45) is -0.212. The van der Waals surface area contributed by atoms with Crippen molar-refractivity contribution in [3.63, 3.8) is 0 Å². The molecule has 0 bridgehead atoms. The summed E-state index contributed by atoms with van der Waals surface area (Å²) in [5, 5.41) is 27.8. The first-order valence-corrected chi connectivity index (χ1v) is 17.9. The second-order valence-electron chi connectivity index (χ2n) is 12.3. The molecule has 0 aliphatic carbocycles. The van der Waals surface area contributed by atoms with E-state index >= 15 is 0 Å². The predicted molar refractivity (Wildman–Crippen MR) is 199 cm³/mol. The van der Waals surface area contributed by atoms with Crippen molar-refractivity contribution >= 4 is 23.5 Å². The van der Waals surface area contributed by atoms with Crippen LogP contribution in [0.3, 0.4) is 0 Å². The summed E-state index contributed by atoms with van der Waals surface area (Å²) in [4.78, 5) is 12.7. The molecule has 12 heteroatoms. The number of aliphatic hydroxyl groups is 1. The number of rotatable bonds is 12. The number of amides is 2. The molecule has 264 valence electrons. The van der Waals surface area contributed by atoms with Gasteiger partial charge in [-0.05, 0) is 80.7 Å². The van der Waals surface area contributed by atoms with Gasteiger partial charge in [0.25, 0.3) is 0 Å². The normalized spacial score (nSPS) is 17.0. The number of thioether (sulfide) groups is 1. The topological polar surface area (TPSA) is 133 Å². The first kappa shape index (κ1) is 34.9. The minimum atomic E-state index is -0.574. The van der Waals surface area contributed by atoms with E-state index in [1.165, 1.54) is 0 Å². The molecule has 2 heterocycles. The Morgan fingerprint density at radius 2 is 1.60 bits per heavy atom. The molecule has 0 radical (unpaired) electrons. The fraction of sp³-hybridized carbons (Fsp3) is 0.200. The summed E-state index contributed by atoms with van der Waals surface area (Å²) in [5.74, 6) is 2.09. The molecule has 1 aromatic heterocycles. The van der Waals surface area contributed by atoms with Crippen molar-refractivity contribution in [1.82, 2.24) is 25.5 Å². The lowest BCUT2D eigenvalue weighted by molar-refractivity contribution is -0.245. The maximum Gasteiger partial charge on any atom is 0.319 e. The molecule has 3 N–H and O–H groups in total. The van der Waals surface area contributed by atoms with Crippen molar-refractivity contribution in [2.75, 3.05) is 11.1 Å². The first-order chi connectivity index (χ1) is 25.5. The van der Waals surface area contributed by atoms with Crippen LogP contribution in [0.2, 0.25) is 0 Å². The van der Waals surface area contributed by atoms with E-state index in [0.717, 1.165) is 44.3 Å². The fourth-order valence-electron chi connectivity index (χ4n) is 5.82. The van der Waals surface area contributed by atoms with Crippen LogP contribution in [0.1, 0.15) is 41.1 Å². The van der Waals surface area contributed by atoms with Gasteiger partial charge in [-0.3, -0.25) is 0 Å². The molecule has 0 unspecified atom stereocenters. The van der Waals surface area contributed by atoms with Crippen molar-refractivity contribution in [2.24, 2.45) is 7.05 Å². The summed E-state index contributed by atoms with van der Waals surface area (Å²) < 4.78 is 20.5. The zero-order chi connectivity index (χ0) is 35.7. The number of aryl methyl sites for hydroxylation is 1. The summed E-state index contributed by atoms with van der Waals surface area (Å²) in [6, 6.07) is 40.6. The highest BCUT2D eigenvalue weighted by Gasteiger charge is 2.32. The van der Waals surface area contributed by atoms with E-state index in [-0.39, 0.29) is 24.8 Å². The van der Waals surface area contributed by atoms with E-state index in [0.29, 0.717) is 30.2 Å². The van der Waals surface area contributed by atoms with Gasteiger partial charge in [0.2, 0.25) is 5.16 Å². The number of nitrogens with one attached hydrogen (secondary N) is 2. The van der Waals surface area contributed by atoms with E-state index in [1.807, 2.05) is 104 Å². The molecule has 11 nitrogen and oxygen atoms in total. The third kappa shape index (κ3) is 9.03. The average molecular weight is 715 g/mol. The Labute approximate surface area is 305 Å². The van der Waals surface area contributed by atoms with Gasteiger partial charge in [0.05, 0.1) is 18.8 Å². The van der Waals surface area contributed by atoms with Gasteiger partial charge in [-0.2, -0.15) is 0 Å². The van der Waals surface area contributed by atoms with Crippen molar-refractivity contribution in [1.29, 1.82) is 0 Å². The highest BCUT2D eigenvalue weighted by atomic mass is 32.2. The number of aromatic nitrogens is 4. The summed E-state index contributed by atoms with van der Waals surface area (Å²) in [5.41, 5.74) is 6.48. The average Bonchev–Trinajstić information content (AvgIpc) is 3.61. The minimum absolute atomic E-state index is 0.00868. The number of nitrogens with zero attached hydrogens (tertiary/aromatic N) is 4. The number of carbonyl (C=O) groups excluding carboxylic acids is 1. The number of ether oxygens (including phenoxy) is 3. The van der Waals surface area contributed by atoms with Gasteiger partial charge in [-0.15, -0.1) is 5.10 Å². The van der Waals surface area contributed by atoms with E-state index in [9.17, 15) is 9.90 Å². The molecule has 6 aromatic rings. The maximum absolute atomic E-state index is 12.7. The number of para-hydroxylation sites is 1. The molecular formula is C40H38N6O5S. The van der Waals surface area contributed by atoms with Gasteiger partial charge in [-0.25, -0.2) is 9.48 Å². The molecule has 0 saturated carbocycles. The molecule has 1 aliphatic rings.